The number of rotatable bonds is 3. The minimum absolute atomic E-state index is 0.121. The molecule has 0 spiro atoms. The van der Waals surface area contributed by atoms with Crippen LogP contribution in [0.3, 0.4) is 0 Å². The number of hydrogen-bond donors (Lipinski definition) is 1. The third-order valence-corrected chi connectivity index (χ3v) is 6.30. The van der Waals surface area contributed by atoms with Gasteiger partial charge in [-0.1, -0.05) is 0 Å². The lowest BCUT2D eigenvalue weighted by atomic mass is 9.95. The van der Waals surface area contributed by atoms with Crippen molar-refractivity contribution in [2.24, 2.45) is 0 Å². The van der Waals surface area contributed by atoms with E-state index in [1.54, 1.807) is 11.3 Å². The highest BCUT2D eigenvalue weighted by Gasteiger charge is 2.28. The van der Waals surface area contributed by atoms with E-state index in [4.69, 9.17) is 17.0 Å². The average Bonchev–Trinajstić information content (AvgIpc) is 2.92. The highest BCUT2D eigenvalue weighted by atomic mass is 32.1. The molecule has 5 nitrogen and oxygen atoms in total. The first-order chi connectivity index (χ1) is 12.0. The molecule has 0 saturated carbocycles. The zero-order valence-corrected chi connectivity index (χ0v) is 16.9. The molecule has 138 valence electrons. The number of thiocarbonyl (C=S) groups is 1. The van der Waals surface area contributed by atoms with Gasteiger partial charge < -0.3 is 19.9 Å². The molecule has 0 radical (unpaired) electrons. The van der Waals surface area contributed by atoms with E-state index in [1.807, 2.05) is 13.8 Å². The van der Waals surface area contributed by atoms with Crippen LogP contribution in [0.4, 0.5) is 5.00 Å². The predicted molar refractivity (Wildman–Crippen MR) is 107 cm³/mol. The molecule has 0 atom stereocenters. The van der Waals surface area contributed by atoms with Gasteiger partial charge in [-0.2, -0.15) is 0 Å². The summed E-state index contributed by atoms with van der Waals surface area (Å²) in [4.78, 5) is 18.5. The Labute approximate surface area is 159 Å². The number of esters is 1. The largest absolute Gasteiger partial charge is 0.459 e. The van der Waals surface area contributed by atoms with Gasteiger partial charge in [-0.05, 0) is 64.4 Å². The molecule has 1 aliphatic heterocycles. The summed E-state index contributed by atoms with van der Waals surface area (Å²) in [5.74, 6) is -0.224. The Morgan fingerprint density at radius 1 is 1.20 bits per heavy atom. The minimum atomic E-state index is -0.224. The molecule has 2 aliphatic rings. The molecule has 0 amide bonds. The monoisotopic (exact) mass is 381 g/mol. The van der Waals surface area contributed by atoms with Gasteiger partial charge in [-0.15, -0.1) is 11.3 Å². The van der Waals surface area contributed by atoms with Gasteiger partial charge in [0.05, 0.1) is 11.7 Å². The minimum Gasteiger partial charge on any atom is -0.459 e. The molecule has 0 bridgehead atoms. The molecule has 3 rings (SSSR count). The summed E-state index contributed by atoms with van der Waals surface area (Å²) in [7, 11) is 2.13. The van der Waals surface area contributed by atoms with Crippen LogP contribution in [-0.2, 0) is 17.6 Å². The van der Waals surface area contributed by atoms with Crippen LogP contribution in [0.1, 0.15) is 47.5 Å². The standard InChI is InChI=1S/C18H27N3O2S2/c1-12(2)23-17(22)15-13-6-4-5-7-14(13)25-16(15)19-18(24)21-10-8-20(3)9-11-21/h12H,4-11H2,1-3H3,(H,19,24). The molecule has 0 unspecified atom stereocenters. The smallest absolute Gasteiger partial charge is 0.341 e. The summed E-state index contributed by atoms with van der Waals surface area (Å²) in [6.07, 6.45) is 4.20. The number of carbonyl (C=O) groups excluding carboxylic acids is 1. The van der Waals surface area contributed by atoms with Crippen LogP contribution < -0.4 is 5.32 Å². The summed E-state index contributed by atoms with van der Waals surface area (Å²) in [5.41, 5.74) is 1.88. The average molecular weight is 382 g/mol. The number of nitrogens with one attached hydrogen (secondary N) is 1. The molecule has 1 fully saturated rings. The van der Waals surface area contributed by atoms with Crippen molar-refractivity contribution < 1.29 is 9.53 Å². The van der Waals surface area contributed by atoms with Crippen LogP contribution in [-0.4, -0.2) is 60.2 Å². The second-order valence-corrected chi connectivity index (χ2v) is 8.58. The molecule has 1 saturated heterocycles. The fourth-order valence-corrected chi connectivity index (χ4v) is 4.95. The van der Waals surface area contributed by atoms with Gasteiger partial charge >= 0.3 is 5.97 Å². The van der Waals surface area contributed by atoms with Gasteiger partial charge in [-0.3, -0.25) is 0 Å². The van der Waals surface area contributed by atoms with Crippen molar-refractivity contribution in [2.75, 3.05) is 38.5 Å². The molecule has 1 N–H and O–H groups in total. The Kier molecular flexibility index (Phi) is 5.96. The van der Waals surface area contributed by atoms with E-state index in [0.717, 1.165) is 50.4 Å². The SMILES string of the molecule is CC(C)OC(=O)c1c(NC(=S)N2CCN(C)CC2)sc2c1CCCC2. The first-order valence-corrected chi connectivity index (χ1v) is 10.3. The summed E-state index contributed by atoms with van der Waals surface area (Å²) in [6, 6.07) is 0. The van der Waals surface area contributed by atoms with E-state index >= 15 is 0 Å². The van der Waals surface area contributed by atoms with Crippen LogP contribution in [0.5, 0.6) is 0 Å². The lowest BCUT2D eigenvalue weighted by Crippen LogP contribution is -2.48. The van der Waals surface area contributed by atoms with E-state index in [0.29, 0.717) is 10.7 Å². The van der Waals surface area contributed by atoms with Crippen LogP contribution in [0.2, 0.25) is 0 Å². The fraction of sp³-hybridized carbons (Fsp3) is 0.667. The quantitative estimate of drug-likeness (QED) is 0.641. The van der Waals surface area contributed by atoms with Gasteiger partial charge in [0.25, 0.3) is 0 Å². The number of ether oxygens (including phenoxy) is 1. The van der Waals surface area contributed by atoms with Crippen molar-refractivity contribution in [3.63, 3.8) is 0 Å². The van der Waals surface area contributed by atoms with Crippen LogP contribution in [0.15, 0.2) is 0 Å². The lowest BCUT2D eigenvalue weighted by Gasteiger charge is -2.34. The molecule has 0 aromatic carbocycles. The number of nitrogens with zero attached hydrogens (tertiary/aromatic N) is 2. The van der Waals surface area contributed by atoms with Gasteiger partial charge in [-0.25, -0.2) is 4.79 Å². The first-order valence-electron chi connectivity index (χ1n) is 9.05. The molecule has 25 heavy (non-hydrogen) atoms. The van der Waals surface area contributed by atoms with E-state index in [9.17, 15) is 4.79 Å². The molecule has 1 aliphatic carbocycles. The van der Waals surface area contributed by atoms with Crippen molar-refractivity contribution in [3.8, 4) is 0 Å². The van der Waals surface area contributed by atoms with Crippen LogP contribution >= 0.6 is 23.6 Å². The zero-order chi connectivity index (χ0) is 18.0. The van der Waals surface area contributed by atoms with Crippen LogP contribution in [0, 0.1) is 0 Å². The normalized spacial score (nSPS) is 18.2. The summed E-state index contributed by atoms with van der Waals surface area (Å²) in [5, 5.41) is 4.94. The number of hydrogen-bond acceptors (Lipinski definition) is 5. The second-order valence-electron chi connectivity index (χ2n) is 7.09. The number of anilines is 1. The fourth-order valence-electron chi connectivity index (χ4n) is 3.33. The highest BCUT2D eigenvalue weighted by Crippen LogP contribution is 2.39. The first kappa shape index (κ1) is 18.6. The lowest BCUT2D eigenvalue weighted by molar-refractivity contribution is 0.0378. The van der Waals surface area contributed by atoms with Gasteiger partial charge in [0.2, 0.25) is 0 Å². The van der Waals surface area contributed by atoms with E-state index < -0.39 is 0 Å². The van der Waals surface area contributed by atoms with Gasteiger partial charge in [0, 0.05) is 31.1 Å². The Bertz CT molecular complexity index is 649. The number of aryl methyl sites for hydroxylation is 1. The number of thiophene rings is 1. The Morgan fingerprint density at radius 3 is 2.56 bits per heavy atom. The molecule has 1 aromatic rings. The maximum absolute atomic E-state index is 12.7. The molecular weight excluding hydrogens is 354 g/mol. The summed E-state index contributed by atoms with van der Waals surface area (Å²) < 4.78 is 5.51. The Morgan fingerprint density at radius 2 is 1.88 bits per heavy atom. The number of piperazine rings is 1. The predicted octanol–water partition coefficient (Wildman–Crippen LogP) is 3.14. The maximum atomic E-state index is 12.7. The second kappa shape index (κ2) is 8.01. The third-order valence-electron chi connectivity index (χ3n) is 4.73. The van der Waals surface area contributed by atoms with Crippen molar-refractivity contribution in [3.05, 3.63) is 16.0 Å². The third kappa shape index (κ3) is 4.33. The van der Waals surface area contributed by atoms with Crippen molar-refractivity contribution in [2.45, 2.75) is 45.6 Å². The van der Waals surface area contributed by atoms with Crippen molar-refractivity contribution in [1.29, 1.82) is 0 Å². The number of fused-ring (bicyclic) bond motifs is 1. The van der Waals surface area contributed by atoms with Crippen molar-refractivity contribution >= 4 is 39.6 Å². The number of likely N-dealkylation sites (N-methyl/N-ethyl adjacent to an activating group) is 1. The Balaban J connectivity index is 1.81. The van der Waals surface area contributed by atoms with E-state index in [-0.39, 0.29) is 12.1 Å². The van der Waals surface area contributed by atoms with Crippen LogP contribution in [0.25, 0.3) is 0 Å². The molecular formula is C18H27N3O2S2. The van der Waals surface area contributed by atoms with Gasteiger partial charge in [0.1, 0.15) is 5.00 Å². The Hall–Kier alpha value is -1.18. The van der Waals surface area contributed by atoms with Crippen molar-refractivity contribution in [1.82, 2.24) is 9.80 Å². The summed E-state index contributed by atoms with van der Waals surface area (Å²) in [6.45, 7) is 7.62. The number of carbonyl (C=O) groups is 1. The molecule has 1 aromatic heterocycles. The zero-order valence-electron chi connectivity index (χ0n) is 15.3. The summed E-state index contributed by atoms with van der Waals surface area (Å²) >= 11 is 7.29. The molecule has 2 heterocycles. The van der Waals surface area contributed by atoms with E-state index in [1.165, 1.54) is 16.9 Å². The topological polar surface area (TPSA) is 44.8 Å². The highest BCUT2D eigenvalue weighted by molar-refractivity contribution is 7.80. The van der Waals surface area contributed by atoms with Gasteiger partial charge in [0.15, 0.2) is 5.11 Å². The molecule has 7 heteroatoms. The van der Waals surface area contributed by atoms with E-state index in [2.05, 4.69) is 22.2 Å². The maximum Gasteiger partial charge on any atom is 0.341 e.